The maximum atomic E-state index is 5.74. The van der Waals surface area contributed by atoms with Gasteiger partial charge in [0.15, 0.2) is 0 Å². The first kappa shape index (κ1) is 8.05. The fraction of sp³-hybridized carbons (Fsp3) is 0. The minimum Gasteiger partial charge on any atom is -0.399 e. The Balaban J connectivity index is 3.07. The Morgan fingerprint density at radius 2 is 2.10 bits per heavy atom. The average Bonchev–Trinajstić information content (AvgIpc) is 1.88. The summed E-state index contributed by atoms with van der Waals surface area (Å²) in [5, 5.41) is 0.597. The fourth-order valence-electron chi connectivity index (χ4n) is 0.580. The van der Waals surface area contributed by atoms with Gasteiger partial charge in [-0.3, -0.25) is 0 Å². The van der Waals surface area contributed by atoms with Crippen LogP contribution in [0.4, 0.5) is 5.69 Å². The summed E-state index contributed by atoms with van der Waals surface area (Å²) in [6, 6.07) is 5.22. The number of nitrogen functional groups attached to an aromatic ring is 1. The van der Waals surface area contributed by atoms with Crippen molar-refractivity contribution in [2.75, 3.05) is 5.73 Å². The van der Waals surface area contributed by atoms with Crippen LogP contribution in [0, 0.1) is 0 Å². The lowest BCUT2D eigenvalue weighted by molar-refractivity contribution is 1.47. The van der Waals surface area contributed by atoms with E-state index in [-0.39, 0.29) is 0 Å². The monoisotopic (exact) mass is 193 g/mol. The number of halogens is 2. The highest BCUT2D eigenvalue weighted by molar-refractivity contribution is 8.21. The third kappa shape index (κ3) is 1.72. The van der Waals surface area contributed by atoms with Gasteiger partial charge < -0.3 is 5.73 Å². The molecule has 0 unspecified atom stereocenters. The molecule has 0 atom stereocenters. The Morgan fingerprint density at radius 1 is 1.40 bits per heavy atom. The zero-order chi connectivity index (χ0) is 7.56. The van der Waals surface area contributed by atoms with Crippen LogP contribution >= 0.6 is 33.3 Å². The largest absolute Gasteiger partial charge is 0.399 e. The second kappa shape index (κ2) is 3.37. The molecule has 4 heteroatoms. The molecule has 0 radical (unpaired) electrons. The third-order valence-electron chi connectivity index (χ3n) is 1.04. The van der Waals surface area contributed by atoms with Gasteiger partial charge in [0.25, 0.3) is 0 Å². The molecular weight excluding hydrogens is 189 g/mol. The summed E-state index contributed by atoms with van der Waals surface area (Å²) in [6.07, 6.45) is 0. The Morgan fingerprint density at radius 3 is 2.60 bits per heavy atom. The minimum atomic E-state index is 0.597. The average molecular weight is 194 g/mol. The van der Waals surface area contributed by atoms with E-state index in [9.17, 15) is 0 Å². The molecule has 0 saturated heterocycles. The molecule has 0 aliphatic heterocycles. The first-order valence-electron chi connectivity index (χ1n) is 2.57. The number of hydrogen-bond acceptors (Lipinski definition) is 2. The van der Waals surface area contributed by atoms with Crippen molar-refractivity contribution in [1.29, 1.82) is 0 Å². The van der Waals surface area contributed by atoms with Crippen LogP contribution in [-0.4, -0.2) is 0 Å². The van der Waals surface area contributed by atoms with E-state index in [1.165, 1.54) is 0 Å². The number of nitrogens with two attached hydrogens (primary N) is 1. The van der Waals surface area contributed by atoms with E-state index in [0.717, 1.165) is 15.9 Å². The topological polar surface area (TPSA) is 26.0 Å². The molecule has 1 aromatic carbocycles. The van der Waals surface area contributed by atoms with Crippen molar-refractivity contribution in [2.45, 2.75) is 4.90 Å². The van der Waals surface area contributed by atoms with Crippen molar-refractivity contribution >= 4 is 38.9 Å². The van der Waals surface area contributed by atoms with E-state index >= 15 is 0 Å². The van der Waals surface area contributed by atoms with Crippen LogP contribution in [-0.2, 0) is 0 Å². The summed E-state index contributed by atoms with van der Waals surface area (Å²) in [4.78, 5) is 0.831. The summed E-state index contributed by atoms with van der Waals surface area (Å²) in [5.74, 6) is 0. The van der Waals surface area contributed by atoms with E-state index in [2.05, 4.69) is 0 Å². The summed E-state index contributed by atoms with van der Waals surface area (Å²) >= 11 is 5.74. The third-order valence-corrected chi connectivity index (χ3v) is 2.48. The Labute approximate surface area is 73.0 Å². The predicted octanol–water partition coefficient (Wildman–Crippen LogP) is 3.17. The molecule has 0 heterocycles. The molecule has 0 aliphatic rings. The maximum Gasteiger partial charge on any atom is 0.0574 e. The van der Waals surface area contributed by atoms with Gasteiger partial charge in [0.2, 0.25) is 0 Å². The molecule has 0 saturated carbocycles. The van der Waals surface area contributed by atoms with E-state index in [1.807, 2.05) is 0 Å². The van der Waals surface area contributed by atoms with Crippen molar-refractivity contribution in [3.05, 3.63) is 23.2 Å². The van der Waals surface area contributed by atoms with Gasteiger partial charge in [-0.15, -0.1) is 0 Å². The zero-order valence-corrected chi connectivity index (χ0v) is 7.30. The standard InChI is InChI=1S/C6H5Cl2NS/c7-5-3-4(9)1-2-6(5)10-8/h1-3H,9H2. The van der Waals surface area contributed by atoms with Gasteiger partial charge in [-0.25, -0.2) is 0 Å². The van der Waals surface area contributed by atoms with Gasteiger partial charge in [-0.05, 0) is 39.9 Å². The normalized spacial score (nSPS) is 9.80. The van der Waals surface area contributed by atoms with Crippen molar-refractivity contribution in [3.63, 3.8) is 0 Å². The van der Waals surface area contributed by atoms with Gasteiger partial charge in [-0.2, -0.15) is 0 Å². The van der Waals surface area contributed by atoms with Crippen LogP contribution in [0.1, 0.15) is 0 Å². The maximum absolute atomic E-state index is 5.74. The van der Waals surface area contributed by atoms with Crippen molar-refractivity contribution < 1.29 is 0 Å². The molecule has 0 aromatic heterocycles. The molecule has 10 heavy (non-hydrogen) atoms. The smallest absolute Gasteiger partial charge is 0.0574 e. The molecule has 1 aromatic rings. The summed E-state index contributed by atoms with van der Waals surface area (Å²) in [6.45, 7) is 0. The summed E-state index contributed by atoms with van der Waals surface area (Å²) in [5.41, 5.74) is 6.10. The number of anilines is 1. The van der Waals surface area contributed by atoms with Gasteiger partial charge >= 0.3 is 0 Å². The Kier molecular flexibility index (Phi) is 2.72. The predicted molar refractivity (Wildman–Crippen MR) is 47.6 cm³/mol. The van der Waals surface area contributed by atoms with Gasteiger partial charge in [0.05, 0.1) is 5.02 Å². The second-order valence-electron chi connectivity index (χ2n) is 1.77. The number of rotatable bonds is 1. The first-order valence-corrected chi connectivity index (χ1v) is 4.59. The Hall–Kier alpha value is -0.0500. The molecule has 1 nitrogen and oxygen atoms in total. The van der Waals surface area contributed by atoms with Gasteiger partial charge in [0.1, 0.15) is 0 Å². The molecular formula is C6H5Cl2NS. The highest BCUT2D eigenvalue weighted by Gasteiger charge is 1.98. The molecule has 0 spiro atoms. The van der Waals surface area contributed by atoms with Crippen molar-refractivity contribution in [1.82, 2.24) is 0 Å². The highest BCUT2D eigenvalue weighted by Crippen LogP contribution is 2.30. The lowest BCUT2D eigenvalue weighted by Gasteiger charge is -1.98. The molecule has 1 rings (SSSR count). The summed E-state index contributed by atoms with van der Waals surface area (Å²) < 4.78 is 0. The van der Waals surface area contributed by atoms with Gasteiger partial charge in [-0.1, -0.05) is 11.6 Å². The van der Waals surface area contributed by atoms with E-state index in [0.29, 0.717) is 10.7 Å². The quantitative estimate of drug-likeness (QED) is 0.694. The molecule has 0 aliphatic carbocycles. The molecule has 0 bridgehead atoms. The molecule has 54 valence electrons. The van der Waals surface area contributed by atoms with Gasteiger partial charge in [0, 0.05) is 10.6 Å². The van der Waals surface area contributed by atoms with Crippen LogP contribution < -0.4 is 5.73 Å². The van der Waals surface area contributed by atoms with Crippen LogP contribution in [0.25, 0.3) is 0 Å². The van der Waals surface area contributed by atoms with Crippen LogP contribution in [0.15, 0.2) is 23.1 Å². The SMILES string of the molecule is Nc1ccc(SCl)c(Cl)c1. The zero-order valence-electron chi connectivity index (χ0n) is 4.97. The fourth-order valence-corrected chi connectivity index (χ4v) is 1.66. The van der Waals surface area contributed by atoms with Crippen molar-refractivity contribution in [2.24, 2.45) is 0 Å². The second-order valence-corrected chi connectivity index (χ2v) is 3.23. The first-order chi connectivity index (χ1) is 4.74. The van der Waals surface area contributed by atoms with Crippen LogP contribution in [0.3, 0.4) is 0 Å². The summed E-state index contributed by atoms with van der Waals surface area (Å²) in [7, 11) is 6.56. The molecule has 0 amide bonds. The van der Waals surface area contributed by atoms with E-state index < -0.39 is 0 Å². The number of benzene rings is 1. The number of hydrogen-bond donors (Lipinski definition) is 1. The molecule has 2 N–H and O–H groups in total. The Bertz CT molecular complexity index is 239. The van der Waals surface area contributed by atoms with Crippen LogP contribution in [0.2, 0.25) is 5.02 Å². The van der Waals surface area contributed by atoms with E-state index in [4.69, 9.17) is 28.0 Å². The van der Waals surface area contributed by atoms with Crippen molar-refractivity contribution in [3.8, 4) is 0 Å². The highest BCUT2D eigenvalue weighted by atomic mass is 35.7. The van der Waals surface area contributed by atoms with E-state index in [1.54, 1.807) is 18.2 Å². The lowest BCUT2D eigenvalue weighted by Crippen LogP contribution is -1.83. The minimum absolute atomic E-state index is 0.597. The van der Waals surface area contributed by atoms with Crippen LogP contribution in [0.5, 0.6) is 0 Å². The lowest BCUT2D eigenvalue weighted by atomic mass is 10.3. The molecule has 0 fully saturated rings.